The Hall–Kier alpha value is -2.82. The quantitative estimate of drug-likeness (QED) is 0.866. The lowest BCUT2D eigenvalue weighted by Gasteiger charge is -2.32. The molecule has 2 aromatic rings. The summed E-state index contributed by atoms with van der Waals surface area (Å²) in [5.74, 6) is 0.673. The Bertz CT molecular complexity index is 766. The van der Waals surface area contributed by atoms with Gasteiger partial charge in [0.15, 0.2) is 0 Å². The number of likely N-dealkylation sites (tertiary alicyclic amines) is 1. The molecule has 1 aliphatic heterocycles. The molecule has 3 rings (SSSR count). The van der Waals surface area contributed by atoms with Crippen molar-refractivity contribution in [3.8, 4) is 17.9 Å². The number of ether oxygens (including phenoxy) is 1. The van der Waals surface area contributed by atoms with Crippen LogP contribution in [0, 0.1) is 22.7 Å². The Kier molecular flexibility index (Phi) is 5.11. The van der Waals surface area contributed by atoms with Crippen molar-refractivity contribution in [2.24, 2.45) is 0 Å². The van der Waals surface area contributed by atoms with Gasteiger partial charge in [-0.2, -0.15) is 10.5 Å². The van der Waals surface area contributed by atoms with Crippen molar-refractivity contribution in [2.75, 3.05) is 13.1 Å². The van der Waals surface area contributed by atoms with Gasteiger partial charge in [0.05, 0.1) is 11.1 Å². The number of benzene rings is 2. The molecule has 0 aromatic heterocycles. The Labute approximate surface area is 142 Å². The fourth-order valence-corrected chi connectivity index (χ4v) is 3.01. The summed E-state index contributed by atoms with van der Waals surface area (Å²) in [7, 11) is 0. The van der Waals surface area contributed by atoms with Gasteiger partial charge >= 0.3 is 0 Å². The lowest BCUT2D eigenvalue weighted by molar-refractivity contribution is 0.0968. The van der Waals surface area contributed by atoms with Gasteiger partial charge < -0.3 is 4.74 Å². The molecule has 0 atom stereocenters. The molecule has 0 amide bonds. The van der Waals surface area contributed by atoms with E-state index >= 15 is 0 Å². The van der Waals surface area contributed by atoms with E-state index in [2.05, 4.69) is 29.2 Å². The Balaban J connectivity index is 1.54. The molecule has 1 aliphatic rings. The molecular formula is C20H19N3O. The Morgan fingerprint density at radius 2 is 1.67 bits per heavy atom. The van der Waals surface area contributed by atoms with Crippen LogP contribution in [0.1, 0.15) is 29.5 Å². The van der Waals surface area contributed by atoms with Gasteiger partial charge in [-0.15, -0.1) is 0 Å². The van der Waals surface area contributed by atoms with E-state index in [9.17, 15) is 0 Å². The van der Waals surface area contributed by atoms with Gasteiger partial charge in [0.25, 0.3) is 0 Å². The number of nitrogens with zero attached hydrogens (tertiary/aromatic N) is 3. The third-order valence-electron chi connectivity index (χ3n) is 4.32. The van der Waals surface area contributed by atoms with Crippen LogP contribution in [0.4, 0.5) is 0 Å². The summed E-state index contributed by atoms with van der Waals surface area (Å²) in [6, 6.07) is 19.6. The number of piperidine rings is 1. The zero-order chi connectivity index (χ0) is 16.8. The molecule has 0 radical (unpaired) electrons. The van der Waals surface area contributed by atoms with Crippen molar-refractivity contribution >= 4 is 0 Å². The Morgan fingerprint density at radius 1 is 0.958 bits per heavy atom. The first-order valence-electron chi connectivity index (χ1n) is 8.15. The molecule has 1 fully saturated rings. The molecular weight excluding hydrogens is 298 g/mol. The first-order chi connectivity index (χ1) is 11.8. The second kappa shape index (κ2) is 7.64. The predicted octanol–water partition coefficient (Wildman–Crippen LogP) is 3.47. The summed E-state index contributed by atoms with van der Waals surface area (Å²) >= 11 is 0. The summed E-state index contributed by atoms with van der Waals surface area (Å²) < 4.78 is 6.01. The maximum Gasteiger partial charge on any atom is 0.121 e. The monoisotopic (exact) mass is 317 g/mol. The number of hydrogen-bond donors (Lipinski definition) is 0. The van der Waals surface area contributed by atoms with Crippen molar-refractivity contribution in [1.82, 2.24) is 4.90 Å². The molecule has 4 nitrogen and oxygen atoms in total. The van der Waals surface area contributed by atoms with E-state index in [1.54, 1.807) is 18.2 Å². The average molecular weight is 317 g/mol. The second-order valence-electron chi connectivity index (χ2n) is 6.01. The zero-order valence-corrected chi connectivity index (χ0v) is 13.5. The largest absolute Gasteiger partial charge is 0.490 e. The molecule has 4 heteroatoms. The number of hydrogen-bond acceptors (Lipinski definition) is 4. The van der Waals surface area contributed by atoms with Crippen LogP contribution < -0.4 is 4.74 Å². The molecule has 2 aromatic carbocycles. The van der Waals surface area contributed by atoms with E-state index in [-0.39, 0.29) is 6.10 Å². The van der Waals surface area contributed by atoms with Gasteiger partial charge in [-0.3, -0.25) is 4.90 Å². The van der Waals surface area contributed by atoms with E-state index in [4.69, 9.17) is 15.3 Å². The molecule has 0 aliphatic carbocycles. The van der Waals surface area contributed by atoms with E-state index < -0.39 is 0 Å². The van der Waals surface area contributed by atoms with Gasteiger partial charge in [-0.25, -0.2) is 0 Å². The summed E-state index contributed by atoms with van der Waals surface area (Å²) in [6.45, 7) is 2.98. The molecule has 0 unspecified atom stereocenters. The molecule has 0 N–H and O–H groups in total. The van der Waals surface area contributed by atoms with Crippen molar-refractivity contribution in [1.29, 1.82) is 10.5 Å². The lowest BCUT2D eigenvalue weighted by atomic mass is 10.1. The zero-order valence-electron chi connectivity index (χ0n) is 13.5. The second-order valence-corrected chi connectivity index (χ2v) is 6.01. The van der Waals surface area contributed by atoms with Gasteiger partial charge in [0.1, 0.15) is 24.0 Å². The fraction of sp³-hybridized carbons (Fsp3) is 0.300. The Morgan fingerprint density at radius 3 is 2.33 bits per heavy atom. The smallest absolute Gasteiger partial charge is 0.121 e. The SMILES string of the molecule is N#Cc1ccc(OC2CCN(Cc3ccccc3)CC2)cc1C#N. The van der Waals surface area contributed by atoms with Gasteiger partial charge in [-0.1, -0.05) is 30.3 Å². The standard InChI is InChI=1S/C20H19N3O/c21-13-17-6-7-20(12-18(17)14-22)24-19-8-10-23(11-9-19)15-16-4-2-1-3-5-16/h1-7,12,19H,8-11,15H2. The highest BCUT2D eigenvalue weighted by molar-refractivity contribution is 5.49. The third-order valence-corrected chi connectivity index (χ3v) is 4.32. The summed E-state index contributed by atoms with van der Waals surface area (Å²) in [4.78, 5) is 2.44. The van der Waals surface area contributed by atoms with E-state index in [1.807, 2.05) is 18.2 Å². The maximum absolute atomic E-state index is 9.09. The third kappa shape index (κ3) is 3.93. The van der Waals surface area contributed by atoms with E-state index in [1.165, 1.54) is 5.56 Å². The summed E-state index contributed by atoms with van der Waals surface area (Å²) in [5, 5.41) is 18.1. The lowest BCUT2D eigenvalue weighted by Crippen LogP contribution is -2.37. The number of rotatable bonds is 4. The molecule has 0 spiro atoms. The van der Waals surface area contributed by atoms with E-state index in [0.29, 0.717) is 16.9 Å². The molecule has 1 saturated heterocycles. The van der Waals surface area contributed by atoms with Gasteiger partial charge in [0.2, 0.25) is 0 Å². The van der Waals surface area contributed by atoms with Gasteiger partial charge in [-0.05, 0) is 36.6 Å². The molecule has 0 saturated carbocycles. The van der Waals surface area contributed by atoms with Crippen LogP contribution in [0.5, 0.6) is 5.75 Å². The maximum atomic E-state index is 9.09. The van der Waals surface area contributed by atoms with Crippen LogP contribution in [0.25, 0.3) is 0 Å². The molecule has 120 valence electrons. The van der Waals surface area contributed by atoms with Crippen LogP contribution in [-0.4, -0.2) is 24.1 Å². The number of nitriles is 2. The molecule has 24 heavy (non-hydrogen) atoms. The summed E-state index contributed by atoms with van der Waals surface area (Å²) in [5.41, 5.74) is 2.10. The fourth-order valence-electron chi connectivity index (χ4n) is 3.01. The van der Waals surface area contributed by atoms with Crippen LogP contribution in [0.3, 0.4) is 0 Å². The normalized spacial score (nSPS) is 15.4. The van der Waals surface area contributed by atoms with Crippen LogP contribution in [-0.2, 0) is 6.54 Å². The average Bonchev–Trinajstić information content (AvgIpc) is 2.64. The molecule has 1 heterocycles. The minimum absolute atomic E-state index is 0.163. The predicted molar refractivity (Wildman–Crippen MR) is 91.2 cm³/mol. The highest BCUT2D eigenvalue weighted by Crippen LogP contribution is 2.22. The first kappa shape index (κ1) is 16.1. The van der Waals surface area contributed by atoms with Crippen LogP contribution in [0.15, 0.2) is 48.5 Å². The van der Waals surface area contributed by atoms with Crippen LogP contribution >= 0.6 is 0 Å². The van der Waals surface area contributed by atoms with Crippen molar-refractivity contribution in [3.05, 3.63) is 65.2 Å². The van der Waals surface area contributed by atoms with Crippen molar-refractivity contribution < 1.29 is 4.74 Å². The topological polar surface area (TPSA) is 60.0 Å². The highest BCUT2D eigenvalue weighted by Gasteiger charge is 2.20. The first-order valence-corrected chi connectivity index (χ1v) is 8.15. The summed E-state index contributed by atoms with van der Waals surface area (Å²) in [6.07, 6.45) is 2.10. The minimum atomic E-state index is 0.163. The minimum Gasteiger partial charge on any atom is -0.490 e. The molecule has 0 bridgehead atoms. The van der Waals surface area contributed by atoms with Crippen molar-refractivity contribution in [2.45, 2.75) is 25.5 Å². The highest BCUT2D eigenvalue weighted by atomic mass is 16.5. The van der Waals surface area contributed by atoms with E-state index in [0.717, 1.165) is 32.5 Å². The van der Waals surface area contributed by atoms with Crippen LogP contribution in [0.2, 0.25) is 0 Å². The van der Waals surface area contributed by atoms with Crippen molar-refractivity contribution in [3.63, 3.8) is 0 Å². The van der Waals surface area contributed by atoms with Gasteiger partial charge in [0, 0.05) is 19.6 Å².